The number of rotatable bonds is 3. The highest BCUT2D eigenvalue weighted by Gasteiger charge is 2.30. The monoisotopic (exact) mass is 271 g/mol. The summed E-state index contributed by atoms with van der Waals surface area (Å²) in [5.74, 6) is -0.654. The molecule has 0 unspecified atom stereocenters. The number of aliphatic imine (C=N–C) groups is 1. The number of carbonyl (C=O) groups is 1. The number of halogens is 3. The zero-order valence-electron chi connectivity index (χ0n) is 10.3. The Labute approximate surface area is 108 Å². The van der Waals surface area contributed by atoms with Crippen LogP contribution in [0.4, 0.5) is 18.9 Å². The fraction of sp³-hybridized carbons (Fsp3) is 0.231. The number of alkyl halides is 3. The molecular formula is C13H12F3NO2. The van der Waals surface area contributed by atoms with E-state index in [1.54, 1.807) is 0 Å². The fourth-order valence-corrected chi connectivity index (χ4v) is 1.34. The van der Waals surface area contributed by atoms with E-state index in [2.05, 4.69) is 4.99 Å². The Bertz CT molecular complexity index is 541. The quantitative estimate of drug-likeness (QED) is 0.516. The second-order valence-electron chi connectivity index (χ2n) is 3.86. The maximum Gasteiger partial charge on any atom is 0.416 e. The predicted molar refractivity (Wildman–Crippen MR) is 65.6 cm³/mol. The van der Waals surface area contributed by atoms with E-state index in [0.717, 1.165) is 18.3 Å². The van der Waals surface area contributed by atoms with Crippen molar-refractivity contribution in [2.75, 3.05) is 0 Å². The van der Waals surface area contributed by atoms with Gasteiger partial charge in [0.1, 0.15) is 5.76 Å². The minimum absolute atomic E-state index is 0.0441. The van der Waals surface area contributed by atoms with E-state index in [9.17, 15) is 23.1 Å². The van der Waals surface area contributed by atoms with Crippen molar-refractivity contribution in [3.8, 4) is 0 Å². The summed E-state index contributed by atoms with van der Waals surface area (Å²) < 4.78 is 37.4. The van der Waals surface area contributed by atoms with E-state index in [4.69, 9.17) is 0 Å². The van der Waals surface area contributed by atoms with Crippen molar-refractivity contribution in [1.29, 1.82) is 0 Å². The lowest BCUT2D eigenvalue weighted by molar-refractivity contribution is -0.137. The molecule has 0 aliphatic heterocycles. The van der Waals surface area contributed by atoms with Crippen molar-refractivity contribution < 1.29 is 23.1 Å². The standard InChI is InChI=1S/C13H12F3NO2/c1-8(18)12(9(2)19)7-17-11-5-3-4-10(6-11)13(14,15)16/h3-7,18H,1-2H3/b12-8-,17-7?. The van der Waals surface area contributed by atoms with Gasteiger partial charge < -0.3 is 5.11 Å². The van der Waals surface area contributed by atoms with E-state index < -0.39 is 17.5 Å². The summed E-state index contributed by atoms with van der Waals surface area (Å²) in [6.07, 6.45) is -3.40. The molecule has 0 atom stereocenters. The van der Waals surface area contributed by atoms with Crippen molar-refractivity contribution in [3.05, 3.63) is 41.2 Å². The number of Topliss-reactive ketones (excluding diaryl/α,β-unsaturated/α-hetero) is 1. The molecule has 1 aromatic carbocycles. The van der Waals surface area contributed by atoms with Crippen LogP contribution in [-0.2, 0) is 11.0 Å². The van der Waals surface area contributed by atoms with Gasteiger partial charge >= 0.3 is 6.18 Å². The minimum Gasteiger partial charge on any atom is -0.512 e. The normalized spacial score (nSPS) is 13.5. The van der Waals surface area contributed by atoms with Gasteiger partial charge in [0.2, 0.25) is 0 Å². The number of nitrogens with zero attached hydrogens (tertiary/aromatic N) is 1. The molecule has 3 nitrogen and oxygen atoms in total. The average Bonchev–Trinajstić information content (AvgIpc) is 2.27. The number of aliphatic hydroxyl groups excluding tert-OH is 1. The van der Waals surface area contributed by atoms with Gasteiger partial charge in [-0.3, -0.25) is 9.79 Å². The summed E-state index contributed by atoms with van der Waals surface area (Å²) in [6.45, 7) is 2.53. The summed E-state index contributed by atoms with van der Waals surface area (Å²) in [7, 11) is 0. The lowest BCUT2D eigenvalue weighted by Gasteiger charge is -2.06. The van der Waals surface area contributed by atoms with Crippen molar-refractivity contribution in [2.24, 2.45) is 4.99 Å². The SMILES string of the molecule is CC(=O)/C(C=Nc1cccc(C(F)(F)F)c1)=C(/C)O. The smallest absolute Gasteiger partial charge is 0.416 e. The first-order valence-electron chi connectivity index (χ1n) is 5.34. The molecule has 1 aromatic rings. The highest BCUT2D eigenvalue weighted by Crippen LogP contribution is 2.31. The van der Waals surface area contributed by atoms with Crippen LogP contribution in [0.5, 0.6) is 0 Å². The van der Waals surface area contributed by atoms with Crippen LogP contribution in [0, 0.1) is 0 Å². The summed E-state index contributed by atoms with van der Waals surface area (Å²) >= 11 is 0. The van der Waals surface area contributed by atoms with E-state index in [1.807, 2.05) is 0 Å². The van der Waals surface area contributed by atoms with Crippen LogP contribution >= 0.6 is 0 Å². The maximum atomic E-state index is 12.5. The Morgan fingerprint density at radius 2 is 1.95 bits per heavy atom. The Hall–Kier alpha value is -2.11. The molecule has 0 aliphatic carbocycles. The van der Waals surface area contributed by atoms with Gasteiger partial charge in [0.25, 0.3) is 0 Å². The zero-order chi connectivity index (χ0) is 14.6. The number of benzene rings is 1. The molecular weight excluding hydrogens is 259 g/mol. The number of hydrogen-bond acceptors (Lipinski definition) is 3. The summed E-state index contributed by atoms with van der Waals surface area (Å²) in [4.78, 5) is 14.9. The van der Waals surface area contributed by atoms with Crippen molar-refractivity contribution in [1.82, 2.24) is 0 Å². The second kappa shape index (κ2) is 5.69. The molecule has 0 spiro atoms. The molecule has 0 bridgehead atoms. The molecule has 0 saturated heterocycles. The maximum absolute atomic E-state index is 12.5. The van der Waals surface area contributed by atoms with Crippen LogP contribution in [0.2, 0.25) is 0 Å². The third-order valence-corrected chi connectivity index (χ3v) is 2.29. The van der Waals surface area contributed by atoms with Crippen LogP contribution in [-0.4, -0.2) is 17.1 Å². The van der Waals surface area contributed by atoms with E-state index in [0.29, 0.717) is 0 Å². The molecule has 0 aliphatic rings. The predicted octanol–water partition coefficient (Wildman–Crippen LogP) is 3.83. The van der Waals surface area contributed by atoms with Gasteiger partial charge in [-0.05, 0) is 32.0 Å². The third kappa shape index (κ3) is 4.24. The van der Waals surface area contributed by atoms with Crippen LogP contribution in [0.3, 0.4) is 0 Å². The number of hydrogen-bond donors (Lipinski definition) is 1. The second-order valence-corrected chi connectivity index (χ2v) is 3.86. The van der Waals surface area contributed by atoms with Gasteiger partial charge in [-0.15, -0.1) is 0 Å². The van der Waals surface area contributed by atoms with Gasteiger partial charge in [-0.1, -0.05) is 6.07 Å². The van der Waals surface area contributed by atoms with Crippen molar-refractivity contribution >= 4 is 17.7 Å². The van der Waals surface area contributed by atoms with Gasteiger partial charge in [0.15, 0.2) is 5.78 Å². The lowest BCUT2D eigenvalue weighted by Crippen LogP contribution is -2.04. The largest absolute Gasteiger partial charge is 0.512 e. The molecule has 0 radical (unpaired) electrons. The molecule has 0 aromatic heterocycles. The molecule has 0 heterocycles. The molecule has 102 valence electrons. The van der Waals surface area contributed by atoms with Crippen molar-refractivity contribution in [2.45, 2.75) is 20.0 Å². The summed E-state index contributed by atoms with van der Waals surface area (Å²) in [5.41, 5.74) is -0.816. The fourth-order valence-electron chi connectivity index (χ4n) is 1.34. The first-order valence-corrected chi connectivity index (χ1v) is 5.34. The Morgan fingerprint density at radius 3 is 2.42 bits per heavy atom. The van der Waals surface area contributed by atoms with E-state index in [-0.39, 0.29) is 17.0 Å². The molecule has 1 rings (SSSR count). The van der Waals surface area contributed by atoms with Crippen LogP contribution in [0.15, 0.2) is 40.6 Å². The Kier molecular flexibility index (Phi) is 4.47. The Balaban J connectivity index is 3.07. The highest BCUT2D eigenvalue weighted by atomic mass is 19.4. The number of ketones is 1. The lowest BCUT2D eigenvalue weighted by atomic mass is 10.1. The molecule has 0 saturated carbocycles. The minimum atomic E-state index is -4.45. The summed E-state index contributed by atoms with van der Waals surface area (Å²) in [5, 5.41) is 9.23. The molecule has 0 fully saturated rings. The molecule has 19 heavy (non-hydrogen) atoms. The summed E-state index contributed by atoms with van der Waals surface area (Å²) in [6, 6.07) is 4.38. The number of aliphatic hydroxyl groups is 1. The highest BCUT2D eigenvalue weighted by molar-refractivity contribution is 6.12. The van der Waals surface area contributed by atoms with Crippen LogP contribution in [0.1, 0.15) is 19.4 Å². The Morgan fingerprint density at radius 1 is 1.32 bits per heavy atom. The average molecular weight is 271 g/mol. The van der Waals surface area contributed by atoms with Crippen LogP contribution in [0.25, 0.3) is 0 Å². The van der Waals surface area contributed by atoms with Gasteiger partial charge in [0.05, 0.1) is 16.8 Å². The van der Waals surface area contributed by atoms with Crippen molar-refractivity contribution in [3.63, 3.8) is 0 Å². The number of allylic oxidation sites excluding steroid dienone is 2. The topological polar surface area (TPSA) is 49.7 Å². The van der Waals surface area contributed by atoms with E-state index in [1.165, 1.54) is 26.0 Å². The zero-order valence-corrected chi connectivity index (χ0v) is 10.3. The van der Waals surface area contributed by atoms with Crippen LogP contribution < -0.4 is 0 Å². The third-order valence-electron chi connectivity index (χ3n) is 2.29. The first-order chi connectivity index (χ1) is 8.71. The van der Waals surface area contributed by atoms with E-state index >= 15 is 0 Å². The first kappa shape index (κ1) is 14.9. The molecule has 6 heteroatoms. The van der Waals surface area contributed by atoms with Gasteiger partial charge in [-0.25, -0.2) is 0 Å². The molecule has 1 N–H and O–H groups in total. The van der Waals surface area contributed by atoms with Gasteiger partial charge in [0, 0.05) is 6.21 Å². The molecule has 0 amide bonds. The number of carbonyl (C=O) groups excluding carboxylic acids is 1. The van der Waals surface area contributed by atoms with Gasteiger partial charge in [-0.2, -0.15) is 13.2 Å².